The van der Waals surface area contributed by atoms with Crippen molar-refractivity contribution < 1.29 is 27.8 Å². The molecule has 1 aliphatic rings. The average molecular weight is 490 g/mol. The van der Waals surface area contributed by atoms with E-state index in [1.54, 1.807) is 6.07 Å². The summed E-state index contributed by atoms with van der Waals surface area (Å²) in [6, 6.07) is 3.31. The summed E-state index contributed by atoms with van der Waals surface area (Å²) in [5.74, 6) is -2.50. The average Bonchev–Trinajstić information content (AvgIpc) is 2.98. The molecule has 14 heteroatoms. The van der Waals surface area contributed by atoms with Gasteiger partial charge in [-0.25, -0.2) is 4.68 Å². The smallest absolute Gasteiger partial charge is 0.480 e. The van der Waals surface area contributed by atoms with Gasteiger partial charge in [-0.1, -0.05) is 46.4 Å². The predicted molar refractivity (Wildman–Crippen MR) is 97.8 cm³/mol. The van der Waals surface area contributed by atoms with Gasteiger partial charge in [-0.3, -0.25) is 4.79 Å². The fourth-order valence-electron chi connectivity index (χ4n) is 2.94. The number of anilines is 1. The minimum absolute atomic E-state index is 0.195. The molecule has 0 saturated heterocycles. The van der Waals surface area contributed by atoms with Crippen molar-refractivity contribution in [1.29, 1.82) is 5.26 Å². The third-order valence-electron chi connectivity index (χ3n) is 4.24. The molecular weight excluding hydrogens is 483 g/mol. The Hall–Kier alpha value is -2.06. The summed E-state index contributed by atoms with van der Waals surface area (Å²) in [5.41, 5.74) is 3.26. The summed E-state index contributed by atoms with van der Waals surface area (Å²) in [5, 5.41) is 22.2. The molecule has 0 spiro atoms. The van der Waals surface area contributed by atoms with Gasteiger partial charge in [0.1, 0.15) is 33.1 Å². The first-order valence-corrected chi connectivity index (χ1v) is 8.92. The van der Waals surface area contributed by atoms with Crippen LogP contribution in [-0.2, 0) is 10.2 Å². The zero-order valence-corrected chi connectivity index (χ0v) is 16.7. The fourth-order valence-corrected chi connectivity index (χ4v) is 4.32. The molecular formula is C15H7Cl4F3N4O3. The lowest BCUT2D eigenvalue weighted by atomic mass is 9.95. The molecule has 1 fully saturated rings. The van der Waals surface area contributed by atoms with Crippen LogP contribution in [0.2, 0.25) is 10.0 Å². The zero-order valence-electron chi connectivity index (χ0n) is 13.7. The van der Waals surface area contributed by atoms with Crippen molar-refractivity contribution >= 4 is 58.2 Å². The van der Waals surface area contributed by atoms with E-state index in [9.17, 15) is 28.3 Å². The summed E-state index contributed by atoms with van der Waals surface area (Å²) in [4.78, 5) is 11.8. The minimum atomic E-state index is -4.98. The van der Waals surface area contributed by atoms with Crippen LogP contribution in [0.3, 0.4) is 0 Å². The lowest BCUT2D eigenvalue weighted by Gasteiger charge is -2.15. The van der Waals surface area contributed by atoms with Crippen molar-refractivity contribution in [3.8, 4) is 17.5 Å². The first-order valence-electron chi connectivity index (χ1n) is 7.40. The van der Waals surface area contributed by atoms with Crippen LogP contribution in [0.5, 0.6) is 5.75 Å². The van der Waals surface area contributed by atoms with E-state index in [0.717, 1.165) is 16.8 Å². The molecule has 7 nitrogen and oxygen atoms in total. The van der Waals surface area contributed by atoms with Gasteiger partial charge in [0.25, 0.3) is 0 Å². The first kappa shape index (κ1) is 21.6. The lowest BCUT2D eigenvalue weighted by Crippen LogP contribution is -2.28. The van der Waals surface area contributed by atoms with Crippen LogP contribution in [0.25, 0.3) is 5.69 Å². The van der Waals surface area contributed by atoms with E-state index in [4.69, 9.17) is 52.1 Å². The highest BCUT2D eigenvalue weighted by atomic mass is 35.5. The van der Waals surface area contributed by atoms with Crippen LogP contribution in [0.4, 0.5) is 19.0 Å². The molecule has 1 aromatic carbocycles. The van der Waals surface area contributed by atoms with E-state index in [-0.39, 0.29) is 33.5 Å². The summed E-state index contributed by atoms with van der Waals surface area (Å²) in [6.07, 6.45) is -5.23. The van der Waals surface area contributed by atoms with Crippen molar-refractivity contribution in [3.05, 3.63) is 33.4 Å². The number of carboxylic acids is 1. The predicted octanol–water partition coefficient (Wildman–Crippen LogP) is 4.43. The second kappa shape index (κ2) is 6.74. The number of nitrogens with zero attached hydrogens (tertiary/aromatic N) is 3. The lowest BCUT2D eigenvalue weighted by molar-refractivity contribution is -0.274. The van der Waals surface area contributed by atoms with Crippen LogP contribution in [0.15, 0.2) is 12.1 Å². The number of carbonyl (C=O) groups is 1. The van der Waals surface area contributed by atoms with Crippen molar-refractivity contribution in [3.63, 3.8) is 0 Å². The van der Waals surface area contributed by atoms with Gasteiger partial charge < -0.3 is 15.6 Å². The van der Waals surface area contributed by atoms with E-state index in [2.05, 4.69) is 9.84 Å². The maximum Gasteiger partial charge on any atom is 0.573 e. The number of halogens is 7. The molecule has 29 heavy (non-hydrogen) atoms. The molecule has 1 heterocycles. The van der Waals surface area contributed by atoms with Crippen molar-refractivity contribution in [2.75, 3.05) is 5.73 Å². The molecule has 154 valence electrons. The third kappa shape index (κ3) is 3.42. The standard InChI is InChI=1S/C15H7Cl4F3N4O3/c16-6-1-5(29-15(20,21)22)2-7(17)10(6)26-11(24)9(8(3-23)25-26)13(12(27)28)4-14(13,18)19/h1-2H,4,24H2,(H,27,28). The molecule has 1 aliphatic carbocycles. The Labute approximate surface area is 180 Å². The molecule has 1 atom stereocenters. The summed E-state index contributed by atoms with van der Waals surface area (Å²) < 4.78 is 40.1. The van der Waals surface area contributed by atoms with Gasteiger partial charge in [0, 0.05) is 18.6 Å². The highest BCUT2D eigenvalue weighted by Crippen LogP contribution is 2.66. The Kier molecular flexibility index (Phi) is 5.03. The SMILES string of the molecule is N#Cc1nn(-c2c(Cl)cc(OC(F)(F)F)cc2Cl)c(N)c1C1(C(=O)O)CC1(Cl)Cl. The first-order chi connectivity index (χ1) is 13.2. The summed E-state index contributed by atoms with van der Waals surface area (Å²) in [7, 11) is 0. The van der Waals surface area contributed by atoms with E-state index >= 15 is 0 Å². The van der Waals surface area contributed by atoms with Crippen molar-refractivity contribution in [1.82, 2.24) is 9.78 Å². The van der Waals surface area contributed by atoms with Crippen LogP contribution in [0, 0.1) is 11.3 Å². The monoisotopic (exact) mass is 488 g/mol. The van der Waals surface area contributed by atoms with Gasteiger partial charge in [0.05, 0.1) is 15.6 Å². The van der Waals surface area contributed by atoms with E-state index in [1.165, 1.54) is 0 Å². The van der Waals surface area contributed by atoms with E-state index in [1.807, 2.05) is 0 Å². The van der Waals surface area contributed by atoms with E-state index < -0.39 is 33.5 Å². The van der Waals surface area contributed by atoms with Gasteiger partial charge in [-0.2, -0.15) is 10.4 Å². The van der Waals surface area contributed by atoms with Crippen molar-refractivity contribution in [2.24, 2.45) is 0 Å². The Morgan fingerprint density at radius 2 is 1.86 bits per heavy atom. The van der Waals surface area contributed by atoms with Gasteiger partial charge in [0.15, 0.2) is 5.69 Å². The number of rotatable bonds is 4. The Morgan fingerprint density at radius 3 is 2.24 bits per heavy atom. The Morgan fingerprint density at radius 1 is 1.34 bits per heavy atom. The second-order valence-corrected chi connectivity index (χ2v) is 8.31. The normalized spacial score (nSPS) is 20.2. The van der Waals surface area contributed by atoms with E-state index in [0.29, 0.717) is 0 Å². The summed E-state index contributed by atoms with van der Waals surface area (Å²) in [6.45, 7) is 0. The maximum absolute atomic E-state index is 12.4. The molecule has 0 radical (unpaired) electrons. The number of nitrogens with two attached hydrogens (primary N) is 1. The largest absolute Gasteiger partial charge is 0.573 e. The second-order valence-electron chi connectivity index (χ2n) is 6.01. The van der Waals surface area contributed by atoms with Crippen molar-refractivity contribution in [2.45, 2.75) is 22.5 Å². The Balaban J connectivity index is 2.19. The molecule has 1 saturated carbocycles. The molecule has 0 bridgehead atoms. The van der Waals surface area contributed by atoms with Gasteiger partial charge in [-0.15, -0.1) is 13.2 Å². The van der Waals surface area contributed by atoms with Crippen LogP contribution in [0.1, 0.15) is 17.7 Å². The number of aromatic nitrogens is 2. The van der Waals surface area contributed by atoms with Crippen LogP contribution < -0.4 is 10.5 Å². The molecule has 1 aromatic heterocycles. The molecule has 2 aromatic rings. The minimum Gasteiger partial charge on any atom is -0.480 e. The number of hydrogen-bond donors (Lipinski definition) is 2. The van der Waals surface area contributed by atoms with Crippen LogP contribution in [-0.4, -0.2) is 31.6 Å². The fraction of sp³-hybridized carbons (Fsp3) is 0.267. The third-order valence-corrected chi connectivity index (χ3v) is 5.73. The molecule has 1 unspecified atom stereocenters. The maximum atomic E-state index is 12.4. The Bertz CT molecular complexity index is 1060. The number of carboxylic acid groups (broad SMARTS) is 1. The summed E-state index contributed by atoms with van der Waals surface area (Å²) >= 11 is 24.1. The quantitative estimate of drug-likeness (QED) is 0.614. The van der Waals surface area contributed by atoms with Gasteiger partial charge in [-0.05, 0) is 0 Å². The molecule has 0 aliphatic heterocycles. The number of aliphatic carboxylic acids is 1. The topological polar surface area (TPSA) is 114 Å². The highest BCUT2D eigenvalue weighted by molar-refractivity contribution is 6.54. The highest BCUT2D eigenvalue weighted by Gasteiger charge is 2.75. The van der Waals surface area contributed by atoms with Gasteiger partial charge >= 0.3 is 12.3 Å². The number of nitrogen functional groups attached to an aromatic ring is 1. The number of benzene rings is 1. The zero-order chi connectivity index (χ0) is 21.9. The number of alkyl halides is 5. The number of hydrogen-bond acceptors (Lipinski definition) is 5. The van der Waals surface area contributed by atoms with Crippen LogP contribution >= 0.6 is 46.4 Å². The molecule has 3 N–H and O–H groups in total. The number of nitriles is 1. The molecule has 3 rings (SSSR count). The van der Waals surface area contributed by atoms with Gasteiger partial charge in [0.2, 0.25) is 0 Å². The molecule has 0 amide bonds. The number of ether oxygens (including phenoxy) is 1.